The summed E-state index contributed by atoms with van der Waals surface area (Å²) in [5, 5.41) is 6.26. The molecule has 1 aliphatic heterocycles. The lowest BCUT2D eigenvalue weighted by Crippen LogP contribution is -2.48. The van der Waals surface area contributed by atoms with Crippen LogP contribution in [0.5, 0.6) is 0 Å². The van der Waals surface area contributed by atoms with Crippen molar-refractivity contribution in [1.29, 1.82) is 0 Å². The molecule has 1 aliphatic rings. The summed E-state index contributed by atoms with van der Waals surface area (Å²) in [5.74, 6) is 0.0772. The van der Waals surface area contributed by atoms with Crippen LogP contribution < -0.4 is 10.6 Å². The van der Waals surface area contributed by atoms with Gasteiger partial charge < -0.3 is 10.6 Å². The molecule has 0 bridgehead atoms. The fourth-order valence-electron chi connectivity index (χ4n) is 2.27. The molecular weight excluding hydrogens is 306 g/mol. The number of benzene rings is 1. The second-order valence-electron chi connectivity index (χ2n) is 4.89. The van der Waals surface area contributed by atoms with Crippen molar-refractivity contribution in [1.82, 2.24) is 10.2 Å². The average molecular weight is 326 g/mol. The molecule has 1 atom stereocenters. The molecule has 1 fully saturated rings. The lowest BCUT2D eigenvalue weighted by atomic mass is 10.1. The predicted molar refractivity (Wildman–Crippen MR) is 81.3 cm³/mol. The van der Waals surface area contributed by atoms with Gasteiger partial charge >= 0.3 is 0 Å². The van der Waals surface area contributed by atoms with Crippen LogP contribution >= 0.6 is 15.9 Å². The molecule has 1 amide bonds. The van der Waals surface area contributed by atoms with Crippen LogP contribution in [-0.2, 0) is 4.79 Å². The predicted octanol–water partition coefficient (Wildman–Crippen LogP) is 2.07. The van der Waals surface area contributed by atoms with Gasteiger partial charge in [-0.2, -0.15) is 0 Å². The molecule has 1 aromatic rings. The van der Waals surface area contributed by atoms with Gasteiger partial charge in [-0.1, -0.05) is 15.9 Å². The Balaban J connectivity index is 1.81. The number of carbonyl (C=O) groups is 1. The first-order chi connectivity index (χ1) is 9.15. The minimum Gasteiger partial charge on any atom is -0.326 e. The Morgan fingerprint density at radius 2 is 2.00 bits per heavy atom. The van der Waals surface area contributed by atoms with E-state index in [0.717, 1.165) is 36.3 Å². The van der Waals surface area contributed by atoms with Crippen LogP contribution in [0.25, 0.3) is 0 Å². The van der Waals surface area contributed by atoms with Crippen LogP contribution in [-0.4, -0.2) is 43.0 Å². The quantitative estimate of drug-likeness (QED) is 0.890. The Labute approximate surface area is 122 Å². The zero-order valence-corrected chi connectivity index (χ0v) is 12.7. The van der Waals surface area contributed by atoms with Crippen LogP contribution in [0.15, 0.2) is 28.7 Å². The summed E-state index contributed by atoms with van der Waals surface area (Å²) in [6, 6.07) is 7.94. The number of anilines is 1. The molecule has 1 unspecified atom stereocenters. The van der Waals surface area contributed by atoms with E-state index in [9.17, 15) is 4.79 Å². The number of hydrogen-bond donors (Lipinski definition) is 2. The number of amides is 1. The van der Waals surface area contributed by atoms with Crippen molar-refractivity contribution in [3.63, 3.8) is 0 Å². The van der Waals surface area contributed by atoms with E-state index in [0.29, 0.717) is 6.42 Å². The van der Waals surface area contributed by atoms with Gasteiger partial charge in [0.2, 0.25) is 5.91 Å². The minimum absolute atomic E-state index is 0.0772. The first kappa shape index (κ1) is 14.5. The van der Waals surface area contributed by atoms with Crippen molar-refractivity contribution in [2.24, 2.45) is 0 Å². The third kappa shape index (κ3) is 4.60. The molecule has 0 saturated carbocycles. The highest BCUT2D eigenvalue weighted by Gasteiger charge is 2.18. The first-order valence-electron chi connectivity index (χ1n) is 6.65. The zero-order chi connectivity index (χ0) is 13.7. The van der Waals surface area contributed by atoms with Gasteiger partial charge in [0.1, 0.15) is 0 Å². The van der Waals surface area contributed by atoms with Gasteiger partial charge in [-0.3, -0.25) is 9.69 Å². The van der Waals surface area contributed by atoms with Crippen molar-refractivity contribution in [3.05, 3.63) is 28.7 Å². The highest BCUT2D eigenvalue weighted by molar-refractivity contribution is 9.10. The van der Waals surface area contributed by atoms with Crippen LogP contribution in [0.4, 0.5) is 5.69 Å². The van der Waals surface area contributed by atoms with Gasteiger partial charge in [0.15, 0.2) is 0 Å². The lowest BCUT2D eigenvalue weighted by Gasteiger charge is -2.32. The summed E-state index contributed by atoms with van der Waals surface area (Å²) >= 11 is 3.38. The fraction of sp³-hybridized carbons (Fsp3) is 0.500. The molecule has 0 aliphatic carbocycles. The van der Waals surface area contributed by atoms with E-state index in [2.05, 4.69) is 38.4 Å². The Hall–Kier alpha value is -0.910. The third-order valence-corrected chi connectivity index (χ3v) is 3.91. The van der Waals surface area contributed by atoms with Gasteiger partial charge in [-0.15, -0.1) is 0 Å². The standard InChI is InChI=1S/C14H20BrN3O/c1-11(18-8-6-16-7-9-18)10-14(19)17-13-4-2-12(15)3-5-13/h2-5,11,16H,6-10H2,1H3,(H,17,19). The summed E-state index contributed by atoms with van der Waals surface area (Å²) < 4.78 is 1.01. The van der Waals surface area contributed by atoms with Gasteiger partial charge in [-0.05, 0) is 31.2 Å². The number of nitrogens with one attached hydrogen (secondary N) is 2. The molecule has 1 aromatic carbocycles. The van der Waals surface area contributed by atoms with Crippen LogP contribution in [0.3, 0.4) is 0 Å². The third-order valence-electron chi connectivity index (χ3n) is 3.38. The Bertz CT molecular complexity index is 415. The summed E-state index contributed by atoms with van der Waals surface area (Å²) in [4.78, 5) is 14.3. The molecule has 104 valence electrons. The van der Waals surface area contributed by atoms with Crippen molar-refractivity contribution in [2.45, 2.75) is 19.4 Å². The SMILES string of the molecule is CC(CC(=O)Nc1ccc(Br)cc1)N1CCNCC1. The Morgan fingerprint density at radius 3 is 2.63 bits per heavy atom. The van der Waals surface area contributed by atoms with E-state index >= 15 is 0 Å². The van der Waals surface area contributed by atoms with E-state index in [1.54, 1.807) is 0 Å². The number of hydrogen-bond acceptors (Lipinski definition) is 3. The molecule has 0 radical (unpaired) electrons. The van der Waals surface area contributed by atoms with Crippen molar-refractivity contribution in [3.8, 4) is 0 Å². The number of halogens is 1. The minimum atomic E-state index is 0.0772. The average Bonchev–Trinajstić information content (AvgIpc) is 2.42. The molecule has 19 heavy (non-hydrogen) atoms. The monoisotopic (exact) mass is 325 g/mol. The summed E-state index contributed by atoms with van der Waals surface area (Å²) in [7, 11) is 0. The molecule has 0 spiro atoms. The number of nitrogens with zero attached hydrogens (tertiary/aromatic N) is 1. The second kappa shape index (κ2) is 7.03. The van der Waals surface area contributed by atoms with E-state index in [-0.39, 0.29) is 11.9 Å². The van der Waals surface area contributed by atoms with Gasteiger partial charge in [-0.25, -0.2) is 0 Å². The smallest absolute Gasteiger partial charge is 0.225 e. The van der Waals surface area contributed by atoms with Gasteiger partial charge in [0.05, 0.1) is 0 Å². The zero-order valence-electron chi connectivity index (χ0n) is 11.2. The van der Waals surface area contributed by atoms with E-state index in [1.165, 1.54) is 0 Å². The first-order valence-corrected chi connectivity index (χ1v) is 7.44. The lowest BCUT2D eigenvalue weighted by molar-refractivity contribution is -0.117. The van der Waals surface area contributed by atoms with Crippen molar-refractivity contribution in [2.75, 3.05) is 31.5 Å². The fourth-order valence-corrected chi connectivity index (χ4v) is 2.53. The number of rotatable bonds is 4. The maximum Gasteiger partial charge on any atom is 0.225 e. The van der Waals surface area contributed by atoms with Crippen LogP contribution in [0, 0.1) is 0 Å². The molecule has 2 rings (SSSR count). The van der Waals surface area contributed by atoms with Gasteiger partial charge in [0, 0.05) is 48.8 Å². The van der Waals surface area contributed by atoms with E-state index in [1.807, 2.05) is 24.3 Å². The van der Waals surface area contributed by atoms with E-state index in [4.69, 9.17) is 0 Å². The number of carbonyl (C=O) groups excluding carboxylic acids is 1. The summed E-state index contributed by atoms with van der Waals surface area (Å²) in [6.07, 6.45) is 0.538. The van der Waals surface area contributed by atoms with Crippen LogP contribution in [0.2, 0.25) is 0 Å². The molecule has 1 saturated heterocycles. The maximum atomic E-state index is 12.0. The molecule has 4 nitrogen and oxygen atoms in total. The summed E-state index contributed by atoms with van der Waals surface area (Å²) in [6.45, 7) is 6.18. The molecule has 0 aromatic heterocycles. The molecule has 5 heteroatoms. The highest BCUT2D eigenvalue weighted by Crippen LogP contribution is 2.15. The summed E-state index contributed by atoms with van der Waals surface area (Å²) in [5.41, 5.74) is 0.848. The molecule has 2 N–H and O–H groups in total. The Kier molecular flexibility index (Phi) is 5.36. The largest absolute Gasteiger partial charge is 0.326 e. The second-order valence-corrected chi connectivity index (χ2v) is 5.81. The normalized spacial score (nSPS) is 18.0. The Morgan fingerprint density at radius 1 is 1.37 bits per heavy atom. The van der Waals surface area contributed by atoms with Crippen molar-refractivity contribution < 1.29 is 4.79 Å². The van der Waals surface area contributed by atoms with Crippen molar-refractivity contribution >= 4 is 27.5 Å². The van der Waals surface area contributed by atoms with Gasteiger partial charge in [0.25, 0.3) is 0 Å². The van der Waals surface area contributed by atoms with E-state index < -0.39 is 0 Å². The molecular formula is C14H20BrN3O. The molecule has 1 heterocycles. The topological polar surface area (TPSA) is 44.4 Å². The maximum absolute atomic E-state index is 12.0. The number of piperazine rings is 1. The highest BCUT2D eigenvalue weighted by atomic mass is 79.9. The van der Waals surface area contributed by atoms with Crippen LogP contribution in [0.1, 0.15) is 13.3 Å².